The largest absolute Gasteiger partial charge is 0.486 e. The van der Waals surface area contributed by atoms with Gasteiger partial charge in [-0.15, -0.1) is 0 Å². The van der Waals surface area contributed by atoms with Crippen molar-refractivity contribution in [2.45, 2.75) is 32.8 Å². The Bertz CT molecular complexity index is 726. The van der Waals surface area contributed by atoms with E-state index in [1.165, 1.54) is 25.9 Å². The fraction of sp³-hybridized carbons (Fsp3) is 0.524. The zero-order valence-corrected chi connectivity index (χ0v) is 16.4. The minimum absolute atomic E-state index is 0.0299. The van der Waals surface area contributed by atoms with E-state index in [0.717, 1.165) is 30.5 Å². The van der Waals surface area contributed by atoms with Crippen LogP contribution in [0.2, 0.25) is 0 Å². The van der Waals surface area contributed by atoms with Gasteiger partial charge in [0, 0.05) is 38.1 Å². The first-order chi connectivity index (χ1) is 13.1. The van der Waals surface area contributed by atoms with Crippen LogP contribution in [0.25, 0.3) is 0 Å². The number of aryl methyl sites for hydroxylation is 1. The maximum absolute atomic E-state index is 12.3. The number of hydrogen-bond donors (Lipinski definition) is 1. The molecule has 1 aliphatic rings. The number of carbonyl (C=O) groups excluding carboxylic acids is 1. The number of hydrogen-bond acceptors (Lipinski definition) is 4. The van der Waals surface area contributed by atoms with Gasteiger partial charge in [0.1, 0.15) is 18.2 Å². The van der Waals surface area contributed by atoms with Crippen LogP contribution in [0.4, 0.5) is 0 Å². The van der Waals surface area contributed by atoms with Crippen LogP contribution >= 0.6 is 0 Å². The Labute approximate surface area is 161 Å². The number of likely N-dealkylation sites (tertiary alicyclic amines) is 1. The zero-order chi connectivity index (χ0) is 19.1. The van der Waals surface area contributed by atoms with Gasteiger partial charge in [-0.05, 0) is 62.5 Å². The average molecular weight is 370 g/mol. The number of nitrogens with zero attached hydrogens (tertiary/aromatic N) is 3. The lowest BCUT2D eigenvalue weighted by Crippen LogP contribution is -2.36. The first-order valence-corrected chi connectivity index (χ1v) is 9.81. The van der Waals surface area contributed by atoms with Crippen LogP contribution in [-0.4, -0.2) is 46.5 Å². The van der Waals surface area contributed by atoms with E-state index >= 15 is 0 Å². The molecule has 0 aliphatic carbocycles. The highest BCUT2D eigenvalue weighted by Gasteiger charge is 2.15. The number of benzene rings is 1. The molecule has 1 aromatic heterocycles. The van der Waals surface area contributed by atoms with Gasteiger partial charge in [0.2, 0.25) is 0 Å². The molecule has 0 radical (unpaired) electrons. The van der Waals surface area contributed by atoms with E-state index in [4.69, 9.17) is 4.74 Å². The highest BCUT2D eigenvalue weighted by molar-refractivity contribution is 5.94. The van der Waals surface area contributed by atoms with E-state index in [1.807, 2.05) is 29.9 Å². The van der Waals surface area contributed by atoms with Crippen LogP contribution in [0.3, 0.4) is 0 Å². The van der Waals surface area contributed by atoms with Crippen LogP contribution in [0.15, 0.2) is 36.7 Å². The van der Waals surface area contributed by atoms with Gasteiger partial charge < -0.3 is 19.5 Å². The number of imidazole rings is 1. The molecule has 0 spiro atoms. The molecule has 3 rings (SSSR count). The first-order valence-electron chi connectivity index (χ1n) is 9.81. The summed E-state index contributed by atoms with van der Waals surface area (Å²) in [6, 6.07) is 7.25. The van der Waals surface area contributed by atoms with E-state index in [2.05, 4.69) is 22.1 Å². The van der Waals surface area contributed by atoms with Crippen molar-refractivity contribution >= 4 is 5.91 Å². The number of rotatable bonds is 8. The predicted molar refractivity (Wildman–Crippen MR) is 106 cm³/mol. The summed E-state index contributed by atoms with van der Waals surface area (Å²) in [5.74, 6) is 2.36. The number of nitrogens with one attached hydrogen (secondary N) is 1. The minimum atomic E-state index is -0.0299. The normalized spacial score (nSPS) is 17.6. The maximum atomic E-state index is 12.3. The molecule has 1 unspecified atom stereocenters. The van der Waals surface area contributed by atoms with E-state index < -0.39 is 0 Å². The summed E-state index contributed by atoms with van der Waals surface area (Å²) >= 11 is 0. The molecule has 1 fully saturated rings. The van der Waals surface area contributed by atoms with Crippen molar-refractivity contribution in [2.24, 2.45) is 13.0 Å². The van der Waals surface area contributed by atoms with Crippen LogP contribution < -0.4 is 10.1 Å². The lowest BCUT2D eigenvalue weighted by molar-refractivity contribution is 0.0950. The second kappa shape index (κ2) is 9.55. The molecule has 2 aromatic rings. The van der Waals surface area contributed by atoms with Crippen molar-refractivity contribution in [1.29, 1.82) is 0 Å². The molecule has 6 nitrogen and oxygen atoms in total. The van der Waals surface area contributed by atoms with E-state index in [0.29, 0.717) is 18.7 Å². The third-order valence-electron chi connectivity index (χ3n) is 5.08. The van der Waals surface area contributed by atoms with Gasteiger partial charge >= 0.3 is 0 Å². The Hall–Kier alpha value is -2.34. The Morgan fingerprint density at radius 1 is 1.33 bits per heavy atom. The van der Waals surface area contributed by atoms with Crippen molar-refractivity contribution in [1.82, 2.24) is 19.8 Å². The number of piperidine rings is 1. The Morgan fingerprint density at radius 2 is 2.15 bits per heavy atom. The lowest BCUT2D eigenvalue weighted by atomic mass is 10.0. The van der Waals surface area contributed by atoms with Crippen molar-refractivity contribution in [3.8, 4) is 5.75 Å². The topological polar surface area (TPSA) is 59.4 Å². The van der Waals surface area contributed by atoms with E-state index in [9.17, 15) is 4.79 Å². The average Bonchev–Trinajstić information content (AvgIpc) is 3.09. The molecule has 1 saturated heterocycles. The van der Waals surface area contributed by atoms with Gasteiger partial charge in [-0.3, -0.25) is 4.79 Å². The third-order valence-corrected chi connectivity index (χ3v) is 5.08. The van der Waals surface area contributed by atoms with Crippen LogP contribution in [0.5, 0.6) is 5.75 Å². The van der Waals surface area contributed by atoms with Crippen LogP contribution in [0, 0.1) is 5.92 Å². The molecule has 0 bridgehead atoms. The molecular formula is C21H30N4O2. The Morgan fingerprint density at radius 3 is 2.85 bits per heavy atom. The molecule has 146 valence electrons. The summed E-state index contributed by atoms with van der Waals surface area (Å²) in [7, 11) is 1.94. The van der Waals surface area contributed by atoms with Gasteiger partial charge in [-0.2, -0.15) is 0 Å². The van der Waals surface area contributed by atoms with E-state index in [1.54, 1.807) is 18.3 Å². The molecule has 2 heterocycles. The molecule has 0 saturated carbocycles. The molecular weight excluding hydrogens is 340 g/mol. The highest BCUT2D eigenvalue weighted by atomic mass is 16.5. The van der Waals surface area contributed by atoms with Crippen molar-refractivity contribution in [2.75, 3.05) is 26.2 Å². The van der Waals surface area contributed by atoms with Gasteiger partial charge in [0.05, 0.1) is 0 Å². The minimum Gasteiger partial charge on any atom is -0.486 e. The number of ether oxygens (including phenoxy) is 1. The van der Waals surface area contributed by atoms with Gasteiger partial charge in [0.25, 0.3) is 5.91 Å². The standard InChI is InChI=1S/C21H30N4O2/c1-17-5-3-12-25(15-17)13-4-10-23-21(26)18-6-8-19(9-7-18)27-16-20-22-11-14-24(20)2/h6-9,11,14,17H,3-5,10,12-13,15-16H2,1-2H3,(H,23,26). The van der Waals surface area contributed by atoms with Crippen molar-refractivity contribution < 1.29 is 9.53 Å². The molecule has 1 amide bonds. The molecule has 1 aromatic carbocycles. The molecule has 1 atom stereocenters. The number of carbonyl (C=O) groups is 1. The lowest BCUT2D eigenvalue weighted by Gasteiger charge is -2.30. The fourth-order valence-corrected chi connectivity index (χ4v) is 3.48. The smallest absolute Gasteiger partial charge is 0.251 e. The predicted octanol–water partition coefficient (Wildman–Crippen LogP) is 2.85. The SMILES string of the molecule is CC1CCCN(CCCNC(=O)c2ccc(OCc3nccn3C)cc2)C1. The van der Waals surface area contributed by atoms with Crippen LogP contribution in [0.1, 0.15) is 42.4 Å². The fourth-order valence-electron chi connectivity index (χ4n) is 3.48. The van der Waals surface area contributed by atoms with E-state index in [-0.39, 0.29) is 5.91 Å². The molecule has 27 heavy (non-hydrogen) atoms. The summed E-state index contributed by atoms with van der Waals surface area (Å²) in [4.78, 5) is 19.0. The Kier molecular flexibility index (Phi) is 6.87. The molecule has 1 N–H and O–H groups in total. The van der Waals surface area contributed by atoms with Gasteiger partial charge in [-0.1, -0.05) is 6.92 Å². The molecule has 6 heteroatoms. The number of aromatic nitrogens is 2. The zero-order valence-electron chi connectivity index (χ0n) is 16.4. The summed E-state index contributed by atoms with van der Waals surface area (Å²) in [6.07, 6.45) is 7.26. The second-order valence-corrected chi connectivity index (χ2v) is 7.42. The second-order valence-electron chi connectivity index (χ2n) is 7.42. The van der Waals surface area contributed by atoms with Crippen molar-refractivity contribution in [3.05, 3.63) is 48.0 Å². The first kappa shape index (κ1) is 19.4. The maximum Gasteiger partial charge on any atom is 0.251 e. The summed E-state index contributed by atoms with van der Waals surface area (Å²) < 4.78 is 7.64. The third kappa shape index (κ3) is 5.82. The Balaban J connectivity index is 1.37. The monoisotopic (exact) mass is 370 g/mol. The molecule has 1 aliphatic heterocycles. The highest BCUT2D eigenvalue weighted by Crippen LogP contribution is 2.16. The van der Waals surface area contributed by atoms with Gasteiger partial charge in [-0.25, -0.2) is 4.98 Å². The number of amides is 1. The van der Waals surface area contributed by atoms with Crippen LogP contribution in [-0.2, 0) is 13.7 Å². The summed E-state index contributed by atoms with van der Waals surface area (Å²) in [5, 5.41) is 3.01. The van der Waals surface area contributed by atoms with Gasteiger partial charge in [0.15, 0.2) is 0 Å². The quantitative estimate of drug-likeness (QED) is 0.726. The van der Waals surface area contributed by atoms with Crippen molar-refractivity contribution in [3.63, 3.8) is 0 Å². The summed E-state index contributed by atoms with van der Waals surface area (Å²) in [6.45, 7) is 6.87. The summed E-state index contributed by atoms with van der Waals surface area (Å²) in [5.41, 5.74) is 0.658.